The Morgan fingerprint density at radius 2 is 1.78 bits per heavy atom. The first-order chi connectivity index (χ1) is 16.9. The first kappa shape index (κ1) is 24.9. The third-order valence-corrected chi connectivity index (χ3v) is 5.30. The van der Waals surface area contributed by atoms with Crippen LogP contribution in [-0.4, -0.2) is 31.6 Å². The van der Waals surface area contributed by atoms with Gasteiger partial charge >= 0.3 is 6.18 Å². The Kier molecular flexibility index (Phi) is 6.57. The van der Waals surface area contributed by atoms with E-state index in [1.807, 2.05) is 24.3 Å². The highest BCUT2D eigenvalue weighted by molar-refractivity contribution is 5.92. The number of hydrogen-bond donors (Lipinski definition) is 3. The molecular formula is C27H23F3N4O2. The number of H-pyrrole nitrogens is 1. The molecule has 0 radical (unpaired) electrons. The van der Waals surface area contributed by atoms with Crippen LogP contribution in [0.5, 0.6) is 0 Å². The molecule has 6 nitrogen and oxygen atoms in total. The second-order valence-corrected chi connectivity index (χ2v) is 8.93. The monoisotopic (exact) mass is 492 g/mol. The van der Waals surface area contributed by atoms with E-state index >= 15 is 0 Å². The third kappa shape index (κ3) is 6.09. The van der Waals surface area contributed by atoms with E-state index in [0.717, 1.165) is 22.6 Å². The van der Waals surface area contributed by atoms with Gasteiger partial charge in [-0.1, -0.05) is 30.2 Å². The molecule has 3 heterocycles. The van der Waals surface area contributed by atoms with Gasteiger partial charge in [0, 0.05) is 22.8 Å². The zero-order valence-electron chi connectivity index (χ0n) is 19.8. The quantitative estimate of drug-likeness (QED) is 0.339. The van der Waals surface area contributed by atoms with E-state index in [1.165, 1.54) is 13.1 Å². The molecule has 4 aromatic rings. The molecule has 0 fully saturated rings. The van der Waals surface area contributed by atoms with E-state index in [1.54, 1.807) is 32.2 Å². The number of pyridine rings is 2. The van der Waals surface area contributed by atoms with Crippen molar-refractivity contribution < 1.29 is 23.1 Å². The highest BCUT2D eigenvalue weighted by atomic mass is 19.4. The minimum atomic E-state index is -4.54. The molecule has 0 aliphatic rings. The van der Waals surface area contributed by atoms with Gasteiger partial charge in [0.2, 0.25) is 5.91 Å². The van der Waals surface area contributed by atoms with Crippen LogP contribution in [0.15, 0.2) is 54.9 Å². The number of carbonyl (C=O) groups is 1. The number of anilines is 1. The van der Waals surface area contributed by atoms with E-state index in [0.29, 0.717) is 16.9 Å². The lowest BCUT2D eigenvalue weighted by Gasteiger charge is -2.12. The summed E-state index contributed by atoms with van der Waals surface area (Å²) in [5.41, 5.74) is 1.63. The number of fused-ring (bicyclic) bond motifs is 1. The van der Waals surface area contributed by atoms with Crippen LogP contribution in [0.2, 0.25) is 0 Å². The van der Waals surface area contributed by atoms with E-state index < -0.39 is 23.2 Å². The SMILES string of the molecule is Cc1ncc(NC(=O)Cc2ccc(-c3cnc4[nH]c(C#CC(C)(C)O)cc4c3)cc2)cc1C(F)(F)F. The number of nitrogens with zero attached hydrogens (tertiary/aromatic N) is 2. The number of aliphatic hydroxyl groups is 1. The maximum absolute atomic E-state index is 13.1. The number of alkyl halides is 3. The van der Waals surface area contributed by atoms with Gasteiger partial charge in [0.25, 0.3) is 0 Å². The van der Waals surface area contributed by atoms with Gasteiger partial charge in [0.15, 0.2) is 0 Å². The Balaban J connectivity index is 1.45. The molecule has 0 atom stereocenters. The molecular weight excluding hydrogens is 469 g/mol. The van der Waals surface area contributed by atoms with E-state index in [-0.39, 0.29) is 17.8 Å². The minimum Gasteiger partial charge on any atom is -0.378 e. The van der Waals surface area contributed by atoms with Crippen molar-refractivity contribution in [3.63, 3.8) is 0 Å². The van der Waals surface area contributed by atoms with E-state index in [2.05, 4.69) is 32.1 Å². The van der Waals surface area contributed by atoms with Gasteiger partial charge in [-0.05, 0) is 56.0 Å². The molecule has 0 saturated carbocycles. The second kappa shape index (κ2) is 9.47. The van der Waals surface area contributed by atoms with Crippen molar-refractivity contribution in [2.45, 2.75) is 39.0 Å². The maximum atomic E-state index is 13.1. The number of benzene rings is 1. The van der Waals surface area contributed by atoms with Crippen LogP contribution in [0.3, 0.4) is 0 Å². The number of aryl methyl sites for hydroxylation is 1. The van der Waals surface area contributed by atoms with Gasteiger partial charge in [-0.15, -0.1) is 0 Å². The zero-order valence-corrected chi connectivity index (χ0v) is 19.8. The number of hydrogen-bond acceptors (Lipinski definition) is 4. The van der Waals surface area contributed by atoms with Gasteiger partial charge in [-0.2, -0.15) is 13.2 Å². The summed E-state index contributed by atoms with van der Waals surface area (Å²) in [4.78, 5) is 23.7. The zero-order chi connectivity index (χ0) is 26.1. The van der Waals surface area contributed by atoms with Crippen LogP contribution in [0.1, 0.15) is 36.4 Å². The van der Waals surface area contributed by atoms with Gasteiger partial charge < -0.3 is 15.4 Å². The number of aromatic nitrogens is 3. The smallest absolute Gasteiger partial charge is 0.378 e. The van der Waals surface area contributed by atoms with Crippen molar-refractivity contribution in [2.75, 3.05) is 5.32 Å². The molecule has 0 aliphatic heterocycles. The Hall–Kier alpha value is -4.16. The van der Waals surface area contributed by atoms with Crippen LogP contribution >= 0.6 is 0 Å². The van der Waals surface area contributed by atoms with Crippen molar-refractivity contribution >= 4 is 22.6 Å². The number of aromatic amines is 1. The number of rotatable bonds is 4. The summed E-state index contributed by atoms with van der Waals surface area (Å²) in [6, 6.07) is 12.0. The molecule has 0 spiro atoms. The van der Waals surface area contributed by atoms with Gasteiger partial charge in [-0.3, -0.25) is 9.78 Å². The molecule has 3 aromatic heterocycles. The maximum Gasteiger partial charge on any atom is 0.418 e. The number of nitrogens with one attached hydrogen (secondary N) is 2. The average molecular weight is 493 g/mol. The normalized spacial score (nSPS) is 11.8. The van der Waals surface area contributed by atoms with E-state index in [4.69, 9.17) is 0 Å². The Morgan fingerprint density at radius 1 is 1.06 bits per heavy atom. The molecule has 1 amide bonds. The first-order valence-corrected chi connectivity index (χ1v) is 11.0. The Morgan fingerprint density at radius 3 is 2.44 bits per heavy atom. The molecule has 3 N–H and O–H groups in total. The second-order valence-electron chi connectivity index (χ2n) is 8.93. The van der Waals surface area contributed by atoms with Crippen molar-refractivity contribution in [1.29, 1.82) is 0 Å². The summed E-state index contributed by atoms with van der Waals surface area (Å²) in [6.45, 7) is 4.48. The number of halogens is 3. The topological polar surface area (TPSA) is 90.9 Å². The minimum absolute atomic E-state index is 0.00611. The molecule has 9 heteroatoms. The van der Waals surface area contributed by atoms with E-state index in [9.17, 15) is 23.1 Å². The number of carbonyl (C=O) groups excluding carboxylic acids is 1. The predicted molar refractivity (Wildman–Crippen MR) is 131 cm³/mol. The predicted octanol–water partition coefficient (Wildman–Crippen LogP) is 5.26. The first-order valence-electron chi connectivity index (χ1n) is 11.0. The summed E-state index contributed by atoms with van der Waals surface area (Å²) in [5, 5.41) is 13.1. The van der Waals surface area contributed by atoms with Crippen LogP contribution in [-0.2, 0) is 17.4 Å². The van der Waals surface area contributed by atoms with Gasteiger partial charge in [-0.25, -0.2) is 4.98 Å². The summed E-state index contributed by atoms with van der Waals surface area (Å²) >= 11 is 0. The van der Waals surface area contributed by atoms with Crippen LogP contribution in [0.4, 0.5) is 18.9 Å². The average Bonchev–Trinajstić information content (AvgIpc) is 3.21. The molecule has 36 heavy (non-hydrogen) atoms. The fraction of sp³-hybridized carbons (Fsp3) is 0.222. The number of amides is 1. The van der Waals surface area contributed by atoms with Gasteiger partial charge in [0.1, 0.15) is 11.2 Å². The standard InChI is InChI=1S/C27H23F3N4O2/c1-16-23(27(28,29)30)13-22(15-31-16)33-24(35)10-17-4-6-18(7-5-17)20-11-19-12-21(8-9-26(2,3)36)34-25(19)32-14-20/h4-7,11-15,36H,10H2,1-3H3,(H,32,34)(H,33,35). The lowest BCUT2D eigenvalue weighted by molar-refractivity contribution is -0.138. The summed E-state index contributed by atoms with van der Waals surface area (Å²) in [7, 11) is 0. The fourth-order valence-electron chi connectivity index (χ4n) is 3.55. The van der Waals surface area contributed by atoms with Crippen molar-refractivity contribution in [3.05, 3.63) is 77.4 Å². The molecule has 0 unspecified atom stereocenters. The van der Waals surface area contributed by atoms with Crippen molar-refractivity contribution in [1.82, 2.24) is 15.0 Å². The molecule has 184 valence electrons. The summed E-state index contributed by atoms with van der Waals surface area (Å²) < 4.78 is 39.2. The third-order valence-electron chi connectivity index (χ3n) is 5.30. The molecule has 0 aliphatic carbocycles. The van der Waals surface area contributed by atoms with Crippen LogP contribution in [0, 0.1) is 18.8 Å². The van der Waals surface area contributed by atoms with Crippen molar-refractivity contribution in [3.8, 4) is 23.0 Å². The molecule has 1 aromatic carbocycles. The molecule has 0 saturated heterocycles. The Bertz CT molecular complexity index is 1490. The van der Waals surface area contributed by atoms with Gasteiger partial charge in [0.05, 0.1) is 29.6 Å². The summed E-state index contributed by atoms with van der Waals surface area (Å²) in [6.07, 6.45) is -1.63. The Labute approximate surface area is 205 Å². The highest BCUT2D eigenvalue weighted by Gasteiger charge is 2.33. The lowest BCUT2D eigenvalue weighted by Crippen LogP contribution is -2.16. The molecule has 4 rings (SSSR count). The van der Waals surface area contributed by atoms with Crippen molar-refractivity contribution in [2.24, 2.45) is 0 Å². The fourth-order valence-corrected chi connectivity index (χ4v) is 3.55. The van der Waals surface area contributed by atoms with Crippen LogP contribution in [0.25, 0.3) is 22.2 Å². The highest BCUT2D eigenvalue weighted by Crippen LogP contribution is 2.32. The largest absolute Gasteiger partial charge is 0.418 e. The van der Waals surface area contributed by atoms with Crippen LogP contribution < -0.4 is 5.32 Å². The summed E-state index contributed by atoms with van der Waals surface area (Å²) in [5.74, 6) is 5.20. The molecule has 0 bridgehead atoms. The lowest BCUT2D eigenvalue weighted by atomic mass is 10.0.